The fraction of sp³-hybridized carbons (Fsp3) is 0.148. The van der Waals surface area contributed by atoms with E-state index in [1.165, 1.54) is 0 Å². The Bertz CT molecular complexity index is 871. The van der Waals surface area contributed by atoms with Crippen molar-refractivity contribution < 1.29 is 4.79 Å². The molecule has 0 fully saturated rings. The van der Waals surface area contributed by atoms with Crippen LogP contribution in [-0.4, -0.2) is 30.4 Å². The number of likely N-dealkylation sites (N-methyl/N-ethyl adjacent to an activating group) is 1. The summed E-state index contributed by atoms with van der Waals surface area (Å²) in [5, 5.41) is 3.66. The Hall–Kier alpha value is -3.43. The summed E-state index contributed by atoms with van der Waals surface area (Å²) in [6.45, 7) is 8.17. The van der Waals surface area contributed by atoms with E-state index in [0.29, 0.717) is 6.54 Å². The number of rotatable bonds is 9. The summed E-state index contributed by atoms with van der Waals surface area (Å²) in [5.74, 6) is -0.0583. The molecule has 0 heterocycles. The van der Waals surface area contributed by atoms with Gasteiger partial charge in [-0.15, -0.1) is 13.2 Å². The molecule has 3 heteroatoms. The van der Waals surface area contributed by atoms with Crippen molar-refractivity contribution in [3.63, 3.8) is 0 Å². The summed E-state index contributed by atoms with van der Waals surface area (Å²) in [7, 11) is 1.78. The molecule has 152 valence electrons. The van der Waals surface area contributed by atoms with Gasteiger partial charge in [0.2, 0.25) is 5.91 Å². The first-order chi connectivity index (χ1) is 14.6. The molecule has 0 radical (unpaired) electrons. The summed E-state index contributed by atoms with van der Waals surface area (Å²) in [6, 6.07) is 30.1. The van der Waals surface area contributed by atoms with Crippen LogP contribution in [0.2, 0.25) is 0 Å². The van der Waals surface area contributed by atoms with Gasteiger partial charge in [0.05, 0.1) is 5.54 Å². The smallest absolute Gasteiger partial charge is 0.243 e. The second-order valence-corrected chi connectivity index (χ2v) is 7.21. The average molecular weight is 397 g/mol. The molecule has 0 saturated heterocycles. The second-order valence-electron chi connectivity index (χ2n) is 7.21. The normalized spacial score (nSPS) is 12.0. The molecule has 3 aromatic rings. The van der Waals surface area contributed by atoms with Gasteiger partial charge in [-0.3, -0.25) is 10.1 Å². The van der Waals surface area contributed by atoms with Crippen molar-refractivity contribution >= 4 is 5.91 Å². The average Bonchev–Trinajstić information content (AvgIpc) is 2.81. The number of amides is 1. The Labute approximate surface area is 179 Å². The Balaban J connectivity index is 2.22. The van der Waals surface area contributed by atoms with Crippen LogP contribution in [0.3, 0.4) is 0 Å². The van der Waals surface area contributed by atoms with Crippen LogP contribution in [0.4, 0.5) is 0 Å². The third kappa shape index (κ3) is 4.27. The Morgan fingerprint density at radius 1 is 0.867 bits per heavy atom. The Kier molecular flexibility index (Phi) is 6.99. The van der Waals surface area contributed by atoms with Crippen LogP contribution in [0, 0.1) is 0 Å². The van der Waals surface area contributed by atoms with Crippen LogP contribution in [0.5, 0.6) is 0 Å². The van der Waals surface area contributed by atoms with Crippen molar-refractivity contribution in [3.05, 3.63) is 133 Å². The first kappa shape index (κ1) is 21.3. The highest BCUT2D eigenvalue weighted by atomic mass is 16.2. The lowest BCUT2D eigenvalue weighted by Crippen LogP contribution is -2.54. The molecular formula is C27H28N2O. The predicted molar refractivity (Wildman–Crippen MR) is 124 cm³/mol. The zero-order chi connectivity index (χ0) is 21.4. The van der Waals surface area contributed by atoms with Gasteiger partial charge in [0, 0.05) is 13.6 Å². The van der Waals surface area contributed by atoms with E-state index in [4.69, 9.17) is 0 Å². The molecule has 0 aliphatic carbocycles. The second kappa shape index (κ2) is 9.86. The molecule has 0 aliphatic heterocycles. The maximum absolute atomic E-state index is 13.2. The van der Waals surface area contributed by atoms with E-state index in [1.54, 1.807) is 24.1 Å². The first-order valence-electron chi connectivity index (χ1n) is 10.1. The molecule has 0 bridgehead atoms. The number of carbonyl (C=O) groups is 1. The van der Waals surface area contributed by atoms with Crippen molar-refractivity contribution in [1.29, 1.82) is 0 Å². The van der Waals surface area contributed by atoms with Crippen molar-refractivity contribution in [2.24, 2.45) is 0 Å². The molecule has 1 amide bonds. The highest BCUT2D eigenvalue weighted by molar-refractivity contribution is 5.84. The number of hydrogen-bond acceptors (Lipinski definition) is 2. The quantitative estimate of drug-likeness (QED) is 0.417. The van der Waals surface area contributed by atoms with Gasteiger partial charge in [-0.05, 0) is 16.7 Å². The maximum atomic E-state index is 13.2. The molecule has 3 rings (SSSR count). The number of nitrogens with one attached hydrogen (secondary N) is 1. The van der Waals surface area contributed by atoms with Gasteiger partial charge in [-0.1, -0.05) is 103 Å². The summed E-state index contributed by atoms with van der Waals surface area (Å²) in [5.41, 5.74) is 2.42. The first-order valence-corrected chi connectivity index (χ1v) is 10.1. The van der Waals surface area contributed by atoms with Gasteiger partial charge in [0.1, 0.15) is 6.04 Å². The van der Waals surface area contributed by atoms with E-state index >= 15 is 0 Å². The summed E-state index contributed by atoms with van der Waals surface area (Å²) in [4.78, 5) is 14.8. The molecule has 0 spiro atoms. The lowest BCUT2D eigenvalue weighted by Gasteiger charge is -2.39. The van der Waals surface area contributed by atoms with E-state index in [0.717, 1.165) is 16.7 Å². The van der Waals surface area contributed by atoms with Gasteiger partial charge >= 0.3 is 0 Å². The van der Waals surface area contributed by atoms with Gasteiger partial charge < -0.3 is 4.90 Å². The Morgan fingerprint density at radius 2 is 1.27 bits per heavy atom. The van der Waals surface area contributed by atoms with Gasteiger partial charge in [0.25, 0.3) is 0 Å². The molecule has 1 unspecified atom stereocenters. The minimum Gasteiger partial charge on any atom is -0.340 e. The van der Waals surface area contributed by atoms with Crippen LogP contribution in [0.15, 0.2) is 116 Å². The lowest BCUT2D eigenvalue weighted by molar-refractivity contribution is -0.130. The zero-order valence-corrected chi connectivity index (χ0v) is 17.4. The maximum Gasteiger partial charge on any atom is 0.243 e. The third-order valence-electron chi connectivity index (χ3n) is 5.27. The predicted octanol–water partition coefficient (Wildman–Crippen LogP) is 4.77. The van der Waals surface area contributed by atoms with Crippen LogP contribution < -0.4 is 5.32 Å². The van der Waals surface area contributed by atoms with E-state index in [-0.39, 0.29) is 5.91 Å². The van der Waals surface area contributed by atoms with E-state index in [2.05, 4.69) is 54.9 Å². The molecule has 1 atom stereocenters. The number of hydrogen-bond donors (Lipinski definition) is 1. The van der Waals surface area contributed by atoms with Crippen molar-refractivity contribution in [2.45, 2.75) is 11.6 Å². The van der Waals surface area contributed by atoms with Crippen LogP contribution >= 0.6 is 0 Å². The van der Waals surface area contributed by atoms with Crippen molar-refractivity contribution in [1.82, 2.24) is 10.2 Å². The van der Waals surface area contributed by atoms with E-state index in [9.17, 15) is 4.79 Å². The monoisotopic (exact) mass is 396 g/mol. The largest absolute Gasteiger partial charge is 0.340 e. The van der Waals surface area contributed by atoms with Crippen LogP contribution in [-0.2, 0) is 10.3 Å². The van der Waals surface area contributed by atoms with Crippen molar-refractivity contribution in [2.75, 3.05) is 13.6 Å². The molecule has 0 saturated carbocycles. The minimum atomic E-state index is -0.729. The summed E-state index contributed by atoms with van der Waals surface area (Å²) >= 11 is 0. The molecule has 3 aromatic carbocycles. The SMILES string of the molecule is C=CCN(C)C(=O)C(C=C)NC(c1ccccc1)(c1ccccc1)c1ccccc1. The minimum absolute atomic E-state index is 0.0583. The standard InChI is InChI=1S/C27H28N2O/c1-4-21-29(3)26(30)25(5-2)28-27(22-15-9-6-10-16-22,23-17-11-7-12-18-23)24-19-13-8-14-20-24/h4-20,25,28H,1-2,21H2,3H3. The highest BCUT2D eigenvalue weighted by Gasteiger charge is 2.39. The third-order valence-corrected chi connectivity index (χ3v) is 5.27. The van der Waals surface area contributed by atoms with Crippen LogP contribution in [0.25, 0.3) is 0 Å². The van der Waals surface area contributed by atoms with Gasteiger partial charge in [-0.2, -0.15) is 0 Å². The molecule has 1 N–H and O–H groups in total. The van der Waals surface area contributed by atoms with Crippen molar-refractivity contribution in [3.8, 4) is 0 Å². The summed E-state index contributed by atoms with van der Waals surface area (Å²) < 4.78 is 0. The molecule has 30 heavy (non-hydrogen) atoms. The number of benzene rings is 3. The number of nitrogens with zero attached hydrogens (tertiary/aromatic N) is 1. The molecule has 3 nitrogen and oxygen atoms in total. The highest BCUT2D eigenvalue weighted by Crippen LogP contribution is 2.37. The van der Waals surface area contributed by atoms with Crippen LogP contribution in [0.1, 0.15) is 16.7 Å². The topological polar surface area (TPSA) is 32.3 Å². The van der Waals surface area contributed by atoms with E-state index < -0.39 is 11.6 Å². The molecular weight excluding hydrogens is 368 g/mol. The van der Waals surface area contributed by atoms with Gasteiger partial charge in [-0.25, -0.2) is 0 Å². The summed E-state index contributed by atoms with van der Waals surface area (Å²) in [6.07, 6.45) is 3.39. The Morgan fingerprint density at radius 3 is 1.60 bits per heavy atom. The molecule has 0 aromatic heterocycles. The fourth-order valence-corrected chi connectivity index (χ4v) is 3.79. The molecule has 0 aliphatic rings. The van der Waals surface area contributed by atoms with E-state index in [1.807, 2.05) is 54.6 Å². The zero-order valence-electron chi connectivity index (χ0n) is 17.4. The van der Waals surface area contributed by atoms with Gasteiger partial charge in [0.15, 0.2) is 0 Å². The fourth-order valence-electron chi connectivity index (χ4n) is 3.79. The number of carbonyl (C=O) groups excluding carboxylic acids is 1. The lowest BCUT2D eigenvalue weighted by atomic mass is 9.76.